The Morgan fingerprint density at radius 3 is 2.39 bits per heavy atom. The smallest absolute Gasteiger partial charge is 0.273 e. The van der Waals surface area contributed by atoms with Crippen LogP contribution in [0.25, 0.3) is 0 Å². The summed E-state index contributed by atoms with van der Waals surface area (Å²) in [5, 5.41) is 7.44. The standard InChI is InChI=1S/C24H26ClN3O3/c1-14-2-4-19(31-14)13-26-28-22(29)20-9-18(25)3-5-21(20)27-23(30)24-10-15-6-16(11-24)8-17(7-15)12-24/h2-5,9,13,15-17H,6-8,10-12H2,1H3,(H,27,30)(H,28,29)/b26-13+. The van der Waals surface area contributed by atoms with Gasteiger partial charge in [-0.25, -0.2) is 5.43 Å². The Bertz CT molecular complexity index is 1020. The van der Waals surface area contributed by atoms with Crippen LogP contribution in [-0.2, 0) is 4.79 Å². The summed E-state index contributed by atoms with van der Waals surface area (Å²) in [4.78, 5) is 26.2. The zero-order chi connectivity index (χ0) is 21.6. The van der Waals surface area contributed by atoms with Crippen molar-refractivity contribution in [2.75, 3.05) is 5.32 Å². The second kappa shape index (κ2) is 7.83. The molecule has 4 aliphatic rings. The van der Waals surface area contributed by atoms with Crippen molar-refractivity contribution in [1.82, 2.24) is 5.43 Å². The number of hydrogen-bond donors (Lipinski definition) is 2. The zero-order valence-electron chi connectivity index (χ0n) is 17.5. The Labute approximate surface area is 186 Å². The molecule has 4 saturated carbocycles. The lowest BCUT2D eigenvalue weighted by atomic mass is 9.49. The van der Waals surface area contributed by atoms with Gasteiger partial charge >= 0.3 is 0 Å². The van der Waals surface area contributed by atoms with E-state index >= 15 is 0 Å². The van der Waals surface area contributed by atoms with Crippen molar-refractivity contribution >= 4 is 35.3 Å². The van der Waals surface area contributed by atoms with E-state index in [1.165, 1.54) is 25.5 Å². The van der Waals surface area contributed by atoms with E-state index in [-0.39, 0.29) is 11.3 Å². The number of hydrogen-bond acceptors (Lipinski definition) is 4. The summed E-state index contributed by atoms with van der Waals surface area (Å²) in [5.74, 6) is 2.91. The van der Waals surface area contributed by atoms with Gasteiger partial charge in [-0.3, -0.25) is 9.59 Å². The number of furan rings is 1. The van der Waals surface area contributed by atoms with E-state index < -0.39 is 5.91 Å². The first kappa shape index (κ1) is 20.3. The van der Waals surface area contributed by atoms with Crippen LogP contribution in [0.3, 0.4) is 0 Å². The monoisotopic (exact) mass is 439 g/mol. The maximum absolute atomic E-state index is 13.4. The van der Waals surface area contributed by atoms with Gasteiger partial charge in [0.2, 0.25) is 5.91 Å². The summed E-state index contributed by atoms with van der Waals surface area (Å²) >= 11 is 6.14. The topological polar surface area (TPSA) is 83.7 Å². The van der Waals surface area contributed by atoms with Crippen LogP contribution in [0.2, 0.25) is 5.02 Å². The summed E-state index contributed by atoms with van der Waals surface area (Å²) in [5.41, 5.74) is 2.95. The molecule has 6 nitrogen and oxygen atoms in total. The lowest BCUT2D eigenvalue weighted by molar-refractivity contribution is -0.140. The fourth-order valence-electron chi connectivity index (χ4n) is 6.19. The van der Waals surface area contributed by atoms with Crippen LogP contribution in [0.15, 0.2) is 39.9 Å². The van der Waals surface area contributed by atoms with Gasteiger partial charge in [-0.05, 0) is 93.5 Å². The molecule has 0 radical (unpaired) electrons. The van der Waals surface area contributed by atoms with Gasteiger partial charge in [-0.1, -0.05) is 11.6 Å². The van der Waals surface area contributed by atoms with E-state index in [1.807, 2.05) is 13.0 Å². The van der Waals surface area contributed by atoms with Gasteiger partial charge < -0.3 is 9.73 Å². The lowest BCUT2D eigenvalue weighted by Crippen LogP contribution is -2.51. The molecule has 4 fully saturated rings. The summed E-state index contributed by atoms with van der Waals surface area (Å²) in [7, 11) is 0. The third-order valence-corrected chi connectivity index (χ3v) is 7.35. The molecule has 0 saturated heterocycles. The second-order valence-corrected chi connectivity index (χ2v) is 9.93. The fourth-order valence-corrected chi connectivity index (χ4v) is 6.37. The number of benzene rings is 1. The molecule has 1 aromatic carbocycles. The van der Waals surface area contributed by atoms with Crippen molar-refractivity contribution in [1.29, 1.82) is 0 Å². The minimum atomic E-state index is -0.442. The second-order valence-electron chi connectivity index (χ2n) is 9.49. The molecule has 162 valence electrons. The van der Waals surface area contributed by atoms with Gasteiger partial charge in [-0.15, -0.1) is 0 Å². The molecule has 1 heterocycles. The van der Waals surface area contributed by atoms with E-state index in [9.17, 15) is 9.59 Å². The molecule has 7 heteroatoms. The number of rotatable bonds is 5. The lowest BCUT2D eigenvalue weighted by Gasteiger charge is -2.55. The molecule has 2 amide bonds. The third kappa shape index (κ3) is 4.01. The van der Waals surface area contributed by atoms with E-state index in [0.717, 1.165) is 25.0 Å². The molecule has 4 aliphatic carbocycles. The number of carbonyl (C=O) groups is 2. The summed E-state index contributed by atoms with van der Waals surface area (Å²) in [6.07, 6.45) is 8.15. The minimum Gasteiger partial charge on any atom is -0.460 e. The molecule has 31 heavy (non-hydrogen) atoms. The Hall–Kier alpha value is -2.60. The van der Waals surface area contributed by atoms with Crippen LogP contribution >= 0.6 is 11.6 Å². The van der Waals surface area contributed by atoms with Gasteiger partial charge in [0.05, 0.1) is 22.9 Å². The molecule has 0 aliphatic heterocycles. The number of nitrogens with zero attached hydrogens (tertiary/aromatic N) is 1. The van der Waals surface area contributed by atoms with Crippen molar-refractivity contribution < 1.29 is 14.0 Å². The molecule has 0 atom stereocenters. The zero-order valence-corrected chi connectivity index (χ0v) is 18.2. The van der Waals surface area contributed by atoms with Crippen molar-refractivity contribution in [2.24, 2.45) is 28.3 Å². The van der Waals surface area contributed by atoms with Crippen molar-refractivity contribution in [3.8, 4) is 0 Å². The number of carbonyl (C=O) groups excluding carboxylic acids is 2. The van der Waals surface area contributed by atoms with E-state index in [1.54, 1.807) is 24.3 Å². The summed E-state index contributed by atoms with van der Waals surface area (Å²) < 4.78 is 5.40. The average molecular weight is 440 g/mol. The van der Waals surface area contributed by atoms with Gasteiger partial charge in [0.1, 0.15) is 11.5 Å². The quantitative estimate of drug-likeness (QED) is 0.498. The molecule has 6 rings (SSSR count). The van der Waals surface area contributed by atoms with Gasteiger partial charge in [0.25, 0.3) is 5.91 Å². The molecular formula is C24H26ClN3O3. The van der Waals surface area contributed by atoms with Crippen LogP contribution in [0.5, 0.6) is 0 Å². The normalized spacial score (nSPS) is 28.8. The highest BCUT2D eigenvalue weighted by atomic mass is 35.5. The van der Waals surface area contributed by atoms with Crippen LogP contribution in [0.1, 0.15) is 60.4 Å². The Morgan fingerprint density at radius 1 is 1.10 bits per heavy atom. The predicted molar refractivity (Wildman–Crippen MR) is 119 cm³/mol. The SMILES string of the molecule is Cc1ccc(/C=N/NC(=O)c2cc(Cl)ccc2NC(=O)C23CC4CC(CC(C4)C2)C3)o1. The van der Waals surface area contributed by atoms with Crippen LogP contribution in [0.4, 0.5) is 5.69 Å². The molecular weight excluding hydrogens is 414 g/mol. The largest absolute Gasteiger partial charge is 0.460 e. The number of aryl methyl sites for hydroxylation is 1. The number of nitrogens with one attached hydrogen (secondary N) is 2. The first-order valence-corrected chi connectivity index (χ1v) is 11.3. The number of amides is 2. The van der Waals surface area contributed by atoms with Crippen molar-refractivity contribution in [3.63, 3.8) is 0 Å². The Balaban J connectivity index is 1.32. The number of hydrazone groups is 1. The first-order valence-electron chi connectivity index (χ1n) is 10.9. The number of halogens is 1. The molecule has 2 N–H and O–H groups in total. The molecule has 4 bridgehead atoms. The predicted octanol–water partition coefficient (Wildman–Crippen LogP) is 5.16. The van der Waals surface area contributed by atoms with E-state index in [4.69, 9.17) is 16.0 Å². The maximum atomic E-state index is 13.4. The van der Waals surface area contributed by atoms with E-state index in [2.05, 4.69) is 15.8 Å². The first-order chi connectivity index (χ1) is 14.9. The Morgan fingerprint density at radius 2 is 1.77 bits per heavy atom. The van der Waals surface area contributed by atoms with Gasteiger partial charge in [-0.2, -0.15) is 5.10 Å². The van der Waals surface area contributed by atoms with Crippen LogP contribution in [-0.4, -0.2) is 18.0 Å². The van der Waals surface area contributed by atoms with Gasteiger partial charge in [0, 0.05) is 5.02 Å². The van der Waals surface area contributed by atoms with Gasteiger partial charge in [0.15, 0.2) is 0 Å². The molecule has 1 aromatic heterocycles. The van der Waals surface area contributed by atoms with Crippen molar-refractivity contribution in [3.05, 3.63) is 52.4 Å². The van der Waals surface area contributed by atoms with Crippen LogP contribution < -0.4 is 10.7 Å². The maximum Gasteiger partial charge on any atom is 0.273 e. The van der Waals surface area contributed by atoms with E-state index in [0.29, 0.717) is 39.8 Å². The van der Waals surface area contributed by atoms with Crippen molar-refractivity contribution in [2.45, 2.75) is 45.4 Å². The minimum absolute atomic E-state index is 0.0394. The highest BCUT2D eigenvalue weighted by molar-refractivity contribution is 6.31. The summed E-state index contributed by atoms with van der Waals surface area (Å²) in [6, 6.07) is 8.51. The number of anilines is 1. The van der Waals surface area contributed by atoms with Crippen LogP contribution in [0, 0.1) is 30.1 Å². The fraction of sp³-hybridized carbons (Fsp3) is 0.458. The molecule has 0 spiro atoms. The third-order valence-electron chi connectivity index (χ3n) is 7.11. The highest BCUT2D eigenvalue weighted by Crippen LogP contribution is 2.60. The summed E-state index contributed by atoms with van der Waals surface area (Å²) in [6.45, 7) is 1.83. The molecule has 2 aromatic rings. The average Bonchev–Trinajstić information content (AvgIpc) is 3.13. The Kier molecular flexibility index (Phi) is 5.13. The highest BCUT2D eigenvalue weighted by Gasteiger charge is 2.54. The molecule has 0 unspecified atom stereocenters.